The van der Waals surface area contributed by atoms with Gasteiger partial charge in [0.2, 0.25) is 0 Å². The van der Waals surface area contributed by atoms with Crippen LogP contribution in [0.5, 0.6) is 0 Å². The molecule has 0 spiro atoms. The van der Waals surface area contributed by atoms with Gasteiger partial charge >= 0.3 is 0 Å². The molecule has 0 saturated carbocycles. The highest BCUT2D eigenvalue weighted by Crippen LogP contribution is 2.24. The summed E-state index contributed by atoms with van der Waals surface area (Å²) in [5.74, 6) is 0. The number of aromatic nitrogens is 1. The molecule has 110 valence electrons. The first kappa shape index (κ1) is 14.6. The van der Waals surface area contributed by atoms with Gasteiger partial charge in [0, 0.05) is 36.0 Å². The van der Waals surface area contributed by atoms with Gasteiger partial charge in [0.05, 0.1) is 5.69 Å². The van der Waals surface area contributed by atoms with Crippen LogP contribution in [0.15, 0.2) is 30.3 Å². The number of anilines is 1. The van der Waals surface area contributed by atoms with Crippen LogP contribution in [0, 0.1) is 0 Å². The molecule has 3 nitrogen and oxygen atoms in total. The molecule has 0 radical (unpaired) electrons. The van der Waals surface area contributed by atoms with E-state index in [1.54, 1.807) is 11.3 Å². The largest absolute Gasteiger partial charge is 0.375 e. The Hall–Kier alpha value is -1.36. The molecule has 0 fully saturated rings. The Morgan fingerprint density at radius 2 is 2.10 bits per heavy atom. The van der Waals surface area contributed by atoms with E-state index in [0.717, 1.165) is 43.1 Å². The molecular weight excluding hydrogens is 302 g/mol. The van der Waals surface area contributed by atoms with Crippen molar-refractivity contribution in [1.82, 2.24) is 9.88 Å². The third-order valence-corrected chi connectivity index (χ3v) is 5.01. The molecule has 2 aromatic rings. The lowest BCUT2D eigenvalue weighted by atomic mass is 10.2. The smallest absolute Gasteiger partial charge is 0.180 e. The third kappa shape index (κ3) is 3.64. The number of hydrogen-bond acceptors (Lipinski definition) is 4. The van der Waals surface area contributed by atoms with Crippen LogP contribution in [0.2, 0.25) is 5.02 Å². The molecule has 0 bridgehead atoms. The molecule has 2 heterocycles. The van der Waals surface area contributed by atoms with E-state index in [-0.39, 0.29) is 0 Å². The average molecular weight is 320 g/mol. The number of benzene rings is 1. The molecule has 0 aliphatic carbocycles. The maximum absolute atomic E-state index is 6.15. The number of thiazole rings is 1. The zero-order chi connectivity index (χ0) is 14.7. The molecular formula is C16H18ClN3S. The van der Waals surface area contributed by atoms with Gasteiger partial charge in [-0.25, -0.2) is 4.98 Å². The molecule has 2 N–H and O–H groups in total. The van der Waals surface area contributed by atoms with Gasteiger partial charge in [-0.05, 0) is 18.1 Å². The fourth-order valence-corrected chi connectivity index (χ4v) is 3.62. The Bertz CT molecular complexity index is 625. The number of fused-ring (bicyclic) bond motifs is 1. The summed E-state index contributed by atoms with van der Waals surface area (Å²) in [5, 5.41) is 1.50. The Morgan fingerprint density at radius 3 is 2.95 bits per heavy atom. The maximum atomic E-state index is 6.15. The predicted octanol–water partition coefficient (Wildman–Crippen LogP) is 3.49. The first-order chi connectivity index (χ1) is 10.2. The van der Waals surface area contributed by atoms with Crippen LogP contribution in [0.1, 0.15) is 16.1 Å². The van der Waals surface area contributed by atoms with Crippen LogP contribution >= 0.6 is 22.9 Å². The van der Waals surface area contributed by atoms with Gasteiger partial charge in [-0.15, -0.1) is 11.3 Å². The topological polar surface area (TPSA) is 42.1 Å². The molecule has 0 unspecified atom stereocenters. The highest BCUT2D eigenvalue weighted by molar-refractivity contribution is 7.15. The van der Waals surface area contributed by atoms with E-state index in [1.807, 2.05) is 24.3 Å². The summed E-state index contributed by atoms with van der Waals surface area (Å²) in [6, 6.07) is 7.91. The fraction of sp³-hybridized carbons (Fsp3) is 0.312. The monoisotopic (exact) mass is 319 g/mol. The molecule has 0 amide bonds. The Labute approximate surface area is 134 Å². The van der Waals surface area contributed by atoms with Crippen LogP contribution in [0.3, 0.4) is 0 Å². The number of halogens is 1. The first-order valence-electron chi connectivity index (χ1n) is 7.10. The second-order valence-electron chi connectivity index (χ2n) is 5.15. The standard InChI is InChI=1S/C16H18ClN3S/c17-13-6-2-1-4-12(13)5-3-9-20-10-7-14-15(8-11-20)21-16(18)19-14/h1-6H,7-11H2,(H2,18,19)/b5-3+. The van der Waals surface area contributed by atoms with Crippen LogP contribution in [0.4, 0.5) is 5.13 Å². The summed E-state index contributed by atoms with van der Waals surface area (Å²) < 4.78 is 0. The summed E-state index contributed by atoms with van der Waals surface area (Å²) in [6.45, 7) is 3.03. The summed E-state index contributed by atoms with van der Waals surface area (Å²) >= 11 is 7.78. The number of nitrogens with zero attached hydrogens (tertiary/aromatic N) is 2. The third-order valence-electron chi connectivity index (χ3n) is 3.68. The lowest BCUT2D eigenvalue weighted by Gasteiger charge is -2.17. The molecule has 1 aliphatic heterocycles. The van der Waals surface area contributed by atoms with E-state index in [1.165, 1.54) is 10.6 Å². The van der Waals surface area contributed by atoms with Crippen LogP contribution in [-0.2, 0) is 12.8 Å². The Morgan fingerprint density at radius 1 is 1.29 bits per heavy atom. The van der Waals surface area contributed by atoms with Crippen molar-refractivity contribution in [1.29, 1.82) is 0 Å². The van der Waals surface area contributed by atoms with E-state index in [2.05, 4.69) is 22.0 Å². The van der Waals surface area contributed by atoms with E-state index in [4.69, 9.17) is 17.3 Å². The summed E-state index contributed by atoms with van der Waals surface area (Å²) in [5.41, 5.74) is 8.03. The van der Waals surface area contributed by atoms with Crippen molar-refractivity contribution in [2.24, 2.45) is 0 Å². The highest BCUT2D eigenvalue weighted by Gasteiger charge is 2.16. The van der Waals surface area contributed by atoms with Gasteiger partial charge in [0.25, 0.3) is 0 Å². The fourth-order valence-electron chi connectivity index (χ4n) is 2.55. The van der Waals surface area contributed by atoms with Gasteiger partial charge in [0.15, 0.2) is 5.13 Å². The predicted molar refractivity (Wildman–Crippen MR) is 90.9 cm³/mol. The van der Waals surface area contributed by atoms with Crippen molar-refractivity contribution in [2.75, 3.05) is 25.4 Å². The van der Waals surface area contributed by atoms with Crippen molar-refractivity contribution < 1.29 is 0 Å². The average Bonchev–Trinajstić information content (AvgIpc) is 2.73. The molecule has 1 aliphatic rings. The lowest BCUT2D eigenvalue weighted by Crippen LogP contribution is -2.26. The van der Waals surface area contributed by atoms with E-state index in [9.17, 15) is 0 Å². The van der Waals surface area contributed by atoms with Gasteiger partial charge in [-0.1, -0.05) is 42.0 Å². The Balaban J connectivity index is 1.58. The van der Waals surface area contributed by atoms with Gasteiger partial charge < -0.3 is 5.73 Å². The number of rotatable bonds is 3. The summed E-state index contributed by atoms with van der Waals surface area (Å²) in [6.07, 6.45) is 6.31. The minimum atomic E-state index is 0.701. The molecule has 1 aromatic heterocycles. The van der Waals surface area contributed by atoms with Crippen LogP contribution < -0.4 is 5.73 Å². The lowest BCUT2D eigenvalue weighted by molar-refractivity contribution is 0.318. The van der Waals surface area contributed by atoms with Crippen molar-refractivity contribution in [3.8, 4) is 0 Å². The molecule has 0 saturated heterocycles. The van der Waals surface area contributed by atoms with Gasteiger partial charge in [-0.3, -0.25) is 4.90 Å². The maximum Gasteiger partial charge on any atom is 0.180 e. The Kier molecular flexibility index (Phi) is 4.58. The van der Waals surface area contributed by atoms with Crippen molar-refractivity contribution in [3.05, 3.63) is 51.5 Å². The summed E-state index contributed by atoms with van der Waals surface area (Å²) in [7, 11) is 0. The number of nitrogen functional groups attached to an aromatic ring is 1. The van der Waals surface area contributed by atoms with E-state index >= 15 is 0 Å². The first-order valence-corrected chi connectivity index (χ1v) is 8.29. The minimum Gasteiger partial charge on any atom is -0.375 e. The number of nitrogens with two attached hydrogens (primary N) is 1. The zero-order valence-corrected chi connectivity index (χ0v) is 13.3. The second-order valence-corrected chi connectivity index (χ2v) is 6.67. The van der Waals surface area contributed by atoms with Crippen LogP contribution in [0.25, 0.3) is 6.08 Å². The van der Waals surface area contributed by atoms with Crippen molar-refractivity contribution in [2.45, 2.75) is 12.8 Å². The summed E-state index contributed by atoms with van der Waals surface area (Å²) in [4.78, 5) is 8.21. The normalized spacial score (nSPS) is 16.0. The highest BCUT2D eigenvalue weighted by atomic mass is 35.5. The molecule has 1 aromatic carbocycles. The van der Waals surface area contributed by atoms with Crippen LogP contribution in [-0.4, -0.2) is 29.5 Å². The SMILES string of the molecule is Nc1nc2c(s1)CCN(C/C=C/c1ccccc1Cl)CC2. The minimum absolute atomic E-state index is 0.701. The van der Waals surface area contributed by atoms with Crippen molar-refractivity contribution in [3.63, 3.8) is 0 Å². The molecule has 21 heavy (non-hydrogen) atoms. The zero-order valence-electron chi connectivity index (χ0n) is 11.8. The quantitative estimate of drug-likeness (QED) is 0.941. The second kappa shape index (κ2) is 6.60. The van der Waals surface area contributed by atoms with Crippen molar-refractivity contribution >= 4 is 34.1 Å². The van der Waals surface area contributed by atoms with Gasteiger partial charge in [0.1, 0.15) is 0 Å². The van der Waals surface area contributed by atoms with E-state index < -0.39 is 0 Å². The molecule has 0 atom stereocenters. The number of hydrogen-bond donors (Lipinski definition) is 1. The molecule has 3 rings (SSSR count). The van der Waals surface area contributed by atoms with Gasteiger partial charge in [-0.2, -0.15) is 0 Å². The molecule has 5 heteroatoms. The van der Waals surface area contributed by atoms with E-state index in [0.29, 0.717) is 5.13 Å².